The molecule has 1 unspecified atom stereocenters. The summed E-state index contributed by atoms with van der Waals surface area (Å²) in [6.45, 7) is 4.00. The Morgan fingerprint density at radius 1 is 1.70 bits per heavy atom. The number of aliphatic hydroxyl groups excluding tert-OH is 1. The fraction of sp³-hybridized carbons (Fsp3) is 1.00. The molecule has 0 spiro atoms. The van der Waals surface area contributed by atoms with Crippen LogP contribution < -0.4 is 5.32 Å². The van der Waals surface area contributed by atoms with Gasteiger partial charge in [-0.25, -0.2) is 0 Å². The van der Waals surface area contributed by atoms with Gasteiger partial charge in [-0.2, -0.15) is 0 Å². The lowest BCUT2D eigenvalue weighted by molar-refractivity contribution is -0.0101. The summed E-state index contributed by atoms with van der Waals surface area (Å²) in [7, 11) is 0. The molecule has 0 aromatic carbocycles. The summed E-state index contributed by atoms with van der Waals surface area (Å²) in [5.74, 6) is 0. The van der Waals surface area contributed by atoms with Crippen molar-refractivity contribution in [3.63, 3.8) is 0 Å². The Morgan fingerprint density at radius 2 is 2.40 bits per heavy atom. The van der Waals surface area contributed by atoms with Gasteiger partial charge in [-0.1, -0.05) is 0 Å². The first-order chi connectivity index (χ1) is 4.83. The van der Waals surface area contributed by atoms with E-state index in [1.165, 1.54) is 0 Å². The number of ether oxygens (including phenoxy) is 1. The molecule has 60 valence electrons. The summed E-state index contributed by atoms with van der Waals surface area (Å²) in [5.41, 5.74) is 0. The number of hydrogen-bond donors (Lipinski definition) is 2. The van der Waals surface area contributed by atoms with Gasteiger partial charge in [0.25, 0.3) is 0 Å². The summed E-state index contributed by atoms with van der Waals surface area (Å²) in [6.07, 6.45) is 0.830. The quantitative estimate of drug-likeness (QED) is 0.573. The second-order valence-electron chi connectivity index (χ2n) is 2.81. The molecule has 2 N–H and O–H groups in total. The molecule has 10 heavy (non-hydrogen) atoms. The van der Waals surface area contributed by atoms with Crippen molar-refractivity contribution in [1.29, 1.82) is 0 Å². The maximum atomic E-state index is 8.57. The minimum absolute atomic E-state index is 0.266. The molecule has 1 atom stereocenters. The average Bonchev–Trinajstić information content (AvgIpc) is 1.80. The summed E-state index contributed by atoms with van der Waals surface area (Å²) < 4.78 is 4.99. The molecule has 1 saturated heterocycles. The van der Waals surface area contributed by atoms with Crippen LogP contribution in [0, 0.1) is 0 Å². The van der Waals surface area contributed by atoms with Gasteiger partial charge in [0.2, 0.25) is 0 Å². The highest BCUT2D eigenvalue weighted by Gasteiger charge is 2.19. The lowest BCUT2D eigenvalue weighted by Crippen LogP contribution is -2.49. The third-order valence-corrected chi connectivity index (χ3v) is 1.72. The van der Waals surface area contributed by atoms with E-state index in [4.69, 9.17) is 9.84 Å². The third-order valence-electron chi connectivity index (χ3n) is 1.72. The Labute approximate surface area is 61.4 Å². The fourth-order valence-corrected chi connectivity index (χ4v) is 1.01. The zero-order valence-corrected chi connectivity index (χ0v) is 6.34. The lowest BCUT2D eigenvalue weighted by Gasteiger charge is -2.29. The van der Waals surface area contributed by atoms with Gasteiger partial charge in [-0.3, -0.25) is 0 Å². The summed E-state index contributed by atoms with van der Waals surface area (Å²) in [4.78, 5) is 0. The van der Waals surface area contributed by atoms with Crippen LogP contribution in [0.4, 0.5) is 0 Å². The van der Waals surface area contributed by atoms with Crippen LogP contribution in [0.3, 0.4) is 0 Å². The first kappa shape index (κ1) is 7.98. The van der Waals surface area contributed by atoms with Gasteiger partial charge in [0, 0.05) is 12.6 Å². The predicted molar refractivity (Wildman–Crippen MR) is 38.9 cm³/mol. The van der Waals surface area contributed by atoms with Gasteiger partial charge in [0.15, 0.2) is 0 Å². The number of aliphatic hydroxyl groups is 1. The molecule has 3 nitrogen and oxygen atoms in total. The average molecular weight is 145 g/mol. The predicted octanol–water partition coefficient (Wildman–Crippen LogP) is -0.254. The highest BCUT2D eigenvalue weighted by Crippen LogP contribution is 2.02. The van der Waals surface area contributed by atoms with Gasteiger partial charge in [0.1, 0.15) is 0 Å². The van der Waals surface area contributed by atoms with Crippen LogP contribution in [-0.2, 0) is 4.74 Å². The number of hydrogen-bond acceptors (Lipinski definition) is 3. The van der Waals surface area contributed by atoms with E-state index in [-0.39, 0.29) is 6.61 Å². The zero-order chi connectivity index (χ0) is 7.40. The Morgan fingerprint density at radius 3 is 2.80 bits per heavy atom. The molecular formula is C7H15NO2. The van der Waals surface area contributed by atoms with Gasteiger partial charge in [-0.15, -0.1) is 0 Å². The minimum Gasteiger partial charge on any atom is -0.396 e. The maximum absolute atomic E-state index is 8.57. The van der Waals surface area contributed by atoms with Crippen LogP contribution in [0.15, 0.2) is 0 Å². The van der Waals surface area contributed by atoms with E-state index in [2.05, 4.69) is 12.2 Å². The molecule has 0 saturated carbocycles. The normalized spacial score (nSPS) is 22.2. The number of nitrogens with one attached hydrogen (secondary N) is 1. The molecule has 1 rings (SSSR count). The topological polar surface area (TPSA) is 41.5 Å². The zero-order valence-electron chi connectivity index (χ0n) is 6.34. The van der Waals surface area contributed by atoms with Gasteiger partial charge in [0.05, 0.1) is 19.3 Å². The van der Waals surface area contributed by atoms with Crippen molar-refractivity contribution in [3.05, 3.63) is 0 Å². The van der Waals surface area contributed by atoms with Gasteiger partial charge >= 0.3 is 0 Å². The lowest BCUT2D eigenvalue weighted by atomic mass is 10.2. The van der Waals surface area contributed by atoms with E-state index < -0.39 is 0 Å². The summed E-state index contributed by atoms with van der Waals surface area (Å²) >= 11 is 0. The van der Waals surface area contributed by atoms with Crippen molar-refractivity contribution >= 4 is 0 Å². The van der Waals surface area contributed by atoms with E-state index in [9.17, 15) is 0 Å². The third kappa shape index (κ3) is 2.25. The van der Waals surface area contributed by atoms with Gasteiger partial charge < -0.3 is 15.2 Å². The molecule has 0 radical (unpaired) electrons. The van der Waals surface area contributed by atoms with E-state index in [1.807, 2.05) is 0 Å². The van der Waals surface area contributed by atoms with Crippen molar-refractivity contribution in [2.24, 2.45) is 0 Å². The Balaban J connectivity index is 1.99. The Kier molecular flexibility index (Phi) is 3.12. The monoisotopic (exact) mass is 145 g/mol. The van der Waals surface area contributed by atoms with E-state index in [1.54, 1.807) is 0 Å². The molecule has 1 heterocycles. The van der Waals surface area contributed by atoms with Crippen LogP contribution in [0.5, 0.6) is 0 Å². The van der Waals surface area contributed by atoms with Crippen LogP contribution in [0.1, 0.15) is 13.3 Å². The van der Waals surface area contributed by atoms with Crippen LogP contribution in [-0.4, -0.2) is 37.0 Å². The van der Waals surface area contributed by atoms with Crippen LogP contribution in [0.25, 0.3) is 0 Å². The molecule has 0 aromatic rings. The molecule has 1 aliphatic heterocycles. The summed E-state index contributed by atoms with van der Waals surface area (Å²) in [5, 5.41) is 11.9. The molecule has 1 aliphatic rings. The van der Waals surface area contributed by atoms with Gasteiger partial charge in [-0.05, 0) is 13.3 Å². The first-order valence-corrected chi connectivity index (χ1v) is 3.77. The molecule has 0 aliphatic carbocycles. The molecule has 1 fully saturated rings. The largest absolute Gasteiger partial charge is 0.396 e. The highest BCUT2D eigenvalue weighted by molar-refractivity contribution is 4.76. The molecular weight excluding hydrogens is 130 g/mol. The maximum Gasteiger partial charge on any atom is 0.0643 e. The minimum atomic E-state index is 0.266. The molecule has 0 bridgehead atoms. The fourth-order valence-electron chi connectivity index (χ4n) is 1.01. The Hall–Kier alpha value is -0.120. The standard InChI is InChI=1S/C7H15NO2/c1-6(2-3-9)8-7-4-10-5-7/h6-9H,2-5H2,1H3. The van der Waals surface area contributed by atoms with Crippen molar-refractivity contribution in [2.45, 2.75) is 25.4 Å². The van der Waals surface area contributed by atoms with Crippen molar-refractivity contribution in [2.75, 3.05) is 19.8 Å². The Bertz CT molecular complexity index is 93.6. The van der Waals surface area contributed by atoms with Crippen molar-refractivity contribution in [3.8, 4) is 0 Å². The van der Waals surface area contributed by atoms with Crippen molar-refractivity contribution in [1.82, 2.24) is 5.32 Å². The summed E-state index contributed by atoms with van der Waals surface area (Å²) in [6, 6.07) is 0.945. The SMILES string of the molecule is CC(CCO)NC1COC1. The van der Waals surface area contributed by atoms with E-state index in [0.717, 1.165) is 19.6 Å². The second kappa shape index (κ2) is 3.91. The van der Waals surface area contributed by atoms with E-state index in [0.29, 0.717) is 12.1 Å². The molecule has 0 amide bonds. The van der Waals surface area contributed by atoms with Crippen molar-refractivity contribution < 1.29 is 9.84 Å². The molecule has 3 heteroatoms. The van der Waals surface area contributed by atoms with Crippen LogP contribution in [0.2, 0.25) is 0 Å². The van der Waals surface area contributed by atoms with Crippen LogP contribution >= 0.6 is 0 Å². The number of rotatable bonds is 4. The molecule has 0 aromatic heterocycles. The second-order valence-corrected chi connectivity index (χ2v) is 2.81. The van der Waals surface area contributed by atoms with E-state index >= 15 is 0 Å². The first-order valence-electron chi connectivity index (χ1n) is 3.77. The smallest absolute Gasteiger partial charge is 0.0643 e. The highest BCUT2D eigenvalue weighted by atomic mass is 16.5.